The molecule has 0 spiro atoms. The third-order valence-corrected chi connectivity index (χ3v) is 5.48. The molecule has 0 aliphatic heterocycles. The van der Waals surface area contributed by atoms with Gasteiger partial charge in [0.2, 0.25) is 0 Å². The number of ketones is 1. The number of carboxylic acid groups (broad SMARTS) is 1. The van der Waals surface area contributed by atoms with Gasteiger partial charge < -0.3 is 10.2 Å². The van der Waals surface area contributed by atoms with Crippen molar-refractivity contribution < 1.29 is 24.2 Å². The van der Waals surface area contributed by atoms with E-state index in [1.165, 1.54) is 0 Å². The Kier molecular flexibility index (Phi) is 10.9. The largest absolute Gasteiger partial charge is 0.481 e. The first kappa shape index (κ1) is 22.1. The topological polar surface area (TPSA) is 74.6 Å². The molecule has 4 atom stereocenters. The highest BCUT2D eigenvalue weighted by atomic mass is 19.1. The Morgan fingerprint density at radius 1 is 1.16 bits per heavy atom. The summed E-state index contributed by atoms with van der Waals surface area (Å²) in [5.41, 5.74) is 0. The van der Waals surface area contributed by atoms with Crippen LogP contribution < -0.4 is 0 Å². The van der Waals surface area contributed by atoms with Gasteiger partial charge in [-0.15, -0.1) is 0 Å². The first-order valence-electron chi connectivity index (χ1n) is 10.0. The maximum atomic E-state index is 13.9. The zero-order chi connectivity index (χ0) is 18.7. The first-order valence-corrected chi connectivity index (χ1v) is 10.0. The van der Waals surface area contributed by atoms with Crippen LogP contribution in [0.1, 0.15) is 90.4 Å². The Balaban J connectivity index is 2.26. The number of aliphatic hydroxyl groups is 1. The molecule has 0 radical (unpaired) electrons. The molecule has 0 heterocycles. The summed E-state index contributed by atoms with van der Waals surface area (Å²) in [5, 5.41) is 18.6. The number of carbonyl (C=O) groups is 2. The highest BCUT2D eigenvalue weighted by Crippen LogP contribution is 2.36. The monoisotopic (exact) mass is 358 g/mol. The smallest absolute Gasteiger partial charge is 0.303 e. The lowest BCUT2D eigenvalue weighted by molar-refractivity contribution is -0.137. The summed E-state index contributed by atoms with van der Waals surface area (Å²) in [6.45, 7) is 2.01. The highest BCUT2D eigenvalue weighted by Gasteiger charge is 2.34. The van der Waals surface area contributed by atoms with Gasteiger partial charge in [-0.05, 0) is 44.4 Å². The number of aliphatic hydroxyl groups excluding tert-OH is 1. The second-order valence-corrected chi connectivity index (χ2v) is 7.52. The molecular weight excluding hydrogens is 323 g/mol. The molecule has 146 valence electrons. The molecule has 25 heavy (non-hydrogen) atoms. The zero-order valence-corrected chi connectivity index (χ0v) is 15.6. The van der Waals surface area contributed by atoms with E-state index in [9.17, 15) is 19.1 Å². The molecular formula is C20H35FO4. The van der Waals surface area contributed by atoms with Gasteiger partial charge >= 0.3 is 5.97 Å². The van der Waals surface area contributed by atoms with Gasteiger partial charge in [0.25, 0.3) is 0 Å². The van der Waals surface area contributed by atoms with E-state index in [0.29, 0.717) is 31.5 Å². The number of aliphatic carboxylic acids is 1. The third kappa shape index (κ3) is 8.80. The number of hydrogen-bond donors (Lipinski definition) is 2. The van der Waals surface area contributed by atoms with Crippen LogP contribution in [0.2, 0.25) is 0 Å². The Hall–Kier alpha value is -0.970. The molecule has 0 aromatic carbocycles. The lowest BCUT2D eigenvalue weighted by Crippen LogP contribution is -2.24. The standard InChI is InChI=1S/C20H35FO4/c1-2-3-9-17(21)19(23)14-12-15-11-13-18(22)16(15)8-6-4-5-7-10-20(24)25/h15-17,19,23H,2-14H2,1H3,(H,24,25)/t15-,16-,17?,19+/m1/s1. The van der Waals surface area contributed by atoms with Crippen molar-refractivity contribution in [2.24, 2.45) is 11.8 Å². The number of alkyl halides is 1. The average Bonchev–Trinajstić information content (AvgIpc) is 2.93. The summed E-state index contributed by atoms with van der Waals surface area (Å²) in [6, 6.07) is 0. The van der Waals surface area contributed by atoms with E-state index in [0.717, 1.165) is 51.4 Å². The van der Waals surface area contributed by atoms with Crippen molar-refractivity contribution in [3.05, 3.63) is 0 Å². The molecule has 0 aromatic heterocycles. The molecule has 0 aromatic rings. The molecule has 0 bridgehead atoms. The lowest BCUT2D eigenvalue weighted by Gasteiger charge is -2.21. The third-order valence-electron chi connectivity index (χ3n) is 5.48. The van der Waals surface area contributed by atoms with E-state index in [-0.39, 0.29) is 18.3 Å². The summed E-state index contributed by atoms with van der Waals surface area (Å²) >= 11 is 0. The average molecular weight is 358 g/mol. The van der Waals surface area contributed by atoms with Gasteiger partial charge in [0.15, 0.2) is 0 Å². The normalized spacial score (nSPS) is 22.9. The van der Waals surface area contributed by atoms with Crippen molar-refractivity contribution in [3.8, 4) is 0 Å². The molecule has 1 rings (SSSR count). The van der Waals surface area contributed by atoms with Gasteiger partial charge in [-0.25, -0.2) is 4.39 Å². The minimum absolute atomic E-state index is 0.0559. The molecule has 0 amide bonds. The quantitative estimate of drug-likeness (QED) is 0.442. The highest BCUT2D eigenvalue weighted by molar-refractivity contribution is 5.83. The fourth-order valence-corrected chi connectivity index (χ4v) is 3.87. The predicted molar refractivity (Wildman–Crippen MR) is 96.2 cm³/mol. The Morgan fingerprint density at radius 3 is 2.56 bits per heavy atom. The van der Waals surface area contributed by atoms with Gasteiger partial charge in [0, 0.05) is 18.8 Å². The van der Waals surface area contributed by atoms with Crippen LogP contribution in [0.5, 0.6) is 0 Å². The summed E-state index contributed by atoms with van der Waals surface area (Å²) in [5.74, 6) is -0.109. The van der Waals surface area contributed by atoms with Crippen molar-refractivity contribution in [1.82, 2.24) is 0 Å². The lowest BCUT2D eigenvalue weighted by atomic mass is 9.85. The van der Waals surface area contributed by atoms with E-state index in [4.69, 9.17) is 5.11 Å². The van der Waals surface area contributed by atoms with Gasteiger partial charge in [0.1, 0.15) is 12.0 Å². The van der Waals surface area contributed by atoms with Crippen LogP contribution >= 0.6 is 0 Å². The minimum Gasteiger partial charge on any atom is -0.481 e. The Morgan fingerprint density at radius 2 is 1.88 bits per heavy atom. The van der Waals surface area contributed by atoms with Crippen molar-refractivity contribution in [3.63, 3.8) is 0 Å². The number of rotatable bonds is 14. The van der Waals surface area contributed by atoms with Crippen molar-refractivity contribution >= 4 is 11.8 Å². The molecule has 1 fully saturated rings. The Bertz CT molecular complexity index is 399. The summed E-state index contributed by atoms with van der Waals surface area (Å²) < 4.78 is 13.9. The van der Waals surface area contributed by atoms with E-state index < -0.39 is 18.2 Å². The number of Topliss-reactive ketones (excluding diaryl/α,β-unsaturated/α-hetero) is 1. The molecule has 1 aliphatic carbocycles. The predicted octanol–water partition coefficient (Wildman–Crippen LogP) is 4.68. The minimum atomic E-state index is -1.15. The molecule has 1 aliphatic rings. The van der Waals surface area contributed by atoms with Crippen molar-refractivity contribution in [1.29, 1.82) is 0 Å². The molecule has 0 saturated heterocycles. The second kappa shape index (κ2) is 12.4. The molecule has 2 N–H and O–H groups in total. The van der Waals surface area contributed by atoms with Crippen molar-refractivity contribution in [2.45, 2.75) is 103 Å². The van der Waals surface area contributed by atoms with Crippen LogP contribution in [0.4, 0.5) is 4.39 Å². The SMILES string of the molecule is CCCCC(F)[C@@H](O)CC[C@H]1CCC(=O)[C@@H]1CCCCCCC(=O)O. The number of unbranched alkanes of at least 4 members (excludes halogenated alkanes) is 4. The van der Waals surface area contributed by atoms with E-state index in [2.05, 4.69) is 0 Å². The fourth-order valence-electron chi connectivity index (χ4n) is 3.87. The first-order chi connectivity index (χ1) is 12.0. The van der Waals surface area contributed by atoms with E-state index in [1.807, 2.05) is 6.92 Å². The number of carboxylic acids is 1. The van der Waals surface area contributed by atoms with Gasteiger partial charge in [-0.1, -0.05) is 39.0 Å². The van der Waals surface area contributed by atoms with Gasteiger partial charge in [-0.3, -0.25) is 9.59 Å². The van der Waals surface area contributed by atoms with Crippen LogP contribution in [0.3, 0.4) is 0 Å². The number of hydrogen-bond acceptors (Lipinski definition) is 3. The van der Waals surface area contributed by atoms with Gasteiger partial charge in [0.05, 0.1) is 6.10 Å². The summed E-state index contributed by atoms with van der Waals surface area (Å²) in [7, 11) is 0. The van der Waals surface area contributed by atoms with Gasteiger partial charge in [-0.2, -0.15) is 0 Å². The van der Waals surface area contributed by atoms with E-state index >= 15 is 0 Å². The van der Waals surface area contributed by atoms with Crippen LogP contribution in [0, 0.1) is 11.8 Å². The van der Waals surface area contributed by atoms with Crippen LogP contribution in [0.25, 0.3) is 0 Å². The van der Waals surface area contributed by atoms with E-state index in [1.54, 1.807) is 0 Å². The van der Waals surface area contributed by atoms with Crippen LogP contribution in [-0.4, -0.2) is 34.2 Å². The van der Waals surface area contributed by atoms with Crippen molar-refractivity contribution in [2.75, 3.05) is 0 Å². The molecule has 1 saturated carbocycles. The van der Waals surface area contributed by atoms with Crippen LogP contribution in [-0.2, 0) is 9.59 Å². The maximum Gasteiger partial charge on any atom is 0.303 e. The maximum absolute atomic E-state index is 13.9. The molecule has 1 unspecified atom stereocenters. The fraction of sp³-hybridized carbons (Fsp3) is 0.900. The summed E-state index contributed by atoms with van der Waals surface area (Å²) in [6.07, 6.45) is 7.27. The number of carbonyl (C=O) groups excluding carboxylic acids is 1. The number of halogens is 1. The summed E-state index contributed by atoms with van der Waals surface area (Å²) in [4.78, 5) is 22.6. The van der Waals surface area contributed by atoms with Crippen LogP contribution in [0.15, 0.2) is 0 Å². The molecule has 4 nitrogen and oxygen atoms in total. The Labute approximate surface area is 151 Å². The molecule has 5 heteroatoms. The second-order valence-electron chi connectivity index (χ2n) is 7.52. The zero-order valence-electron chi connectivity index (χ0n) is 15.6.